The van der Waals surface area contributed by atoms with Crippen LogP contribution in [-0.4, -0.2) is 12.9 Å². The van der Waals surface area contributed by atoms with Gasteiger partial charge in [-0.1, -0.05) is 26.8 Å². The van der Waals surface area contributed by atoms with E-state index in [1.807, 2.05) is 0 Å². The highest BCUT2D eigenvalue weighted by Gasteiger charge is 2.32. The highest BCUT2D eigenvalue weighted by molar-refractivity contribution is 5.40. The number of ether oxygens (including phenoxy) is 1. The van der Waals surface area contributed by atoms with E-state index < -0.39 is 6.36 Å². The Hall–Kier alpha value is -1.23. The molecule has 2 nitrogen and oxygen atoms in total. The Morgan fingerprint density at radius 1 is 1.24 bits per heavy atom. The van der Waals surface area contributed by atoms with E-state index in [4.69, 9.17) is 0 Å². The monoisotopic (exact) mass is 301 g/mol. The summed E-state index contributed by atoms with van der Waals surface area (Å²) in [4.78, 5) is 0. The third-order valence-corrected chi connectivity index (χ3v) is 4.22. The van der Waals surface area contributed by atoms with Crippen molar-refractivity contribution in [2.45, 2.75) is 51.9 Å². The van der Waals surface area contributed by atoms with Crippen molar-refractivity contribution in [3.05, 3.63) is 29.3 Å². The molecule has 21 heavy (non-hydrogen) atoms. The minimum Gasteiger partial charge on any atom is -0.406 e. The lowest BCUT2D eigenvalue weighted by Crippen LogP contribution is -2.19. The molecule has 2 rings (SSSR count). The molecule has 1 fully saturated rings. The summed E-state index contributed by atoms with van der Waals surface area (Å²) in [6.45, 7) is 7.26. The lowest BCUT2D eigenvalue weighted by Gasteiger charge is -2.24. The Bertz CT molecular complexity index is 479. The molecule has 0 saturated carbocycles. The van der Waals surface area contributed by atoms with Crippen LogP contribution in [0.4, 0.5) is 13.2 Å². The second kappa shape index (κ2) is 6.26. The third-order valence-electron chi connectivity index (χ3n) is 4.22. The molecule has 1 saturated heterocycles. The van der Waals surface area contributed by atoms with Gasteiger partial charge in [-0.25, -0.2) is 0 Å². The van der Waals surface area contributed by atoms with Gasteiger partial charge in [0.05, 0.1) is 0 Å². The zero-order chi connectivity index (χ0) is 15.6. The number of hydrogen-bond acceptors (Lipinski definition) is 2. The van der Waals surface area contributed by atoms with Gasteiger partial charge in [0.2, 0.25) is 0 Å². The maximum atomic E-state index is 12.4. The Morgan fingerprint density at radius 2 is 1.95 bits per heavy atom. The summed E-state index contributed by atoms with van der Waals surface area (Å²) in [5.41, 5.74) is 2.05. The van der Waals surface area contributed by atoms with Gasteiger partial charge in [0.15, 0.2) is 0 Å². The topological polar surface area (TPSA) is 21.3 Å². The van der Waals surface area contributed by atoms with Gasteiger partial charge < -0.3 is 10.1 Å². The van der Waals surface area contributed by atoms with Crippen LogP contribution < -0.4 is 10.1 Å². The third kappa shape index (κ3) is 4.13. The van der Waals surface area contributed by atoms with Crippen molar-refractivity contribution in [3.63, 3.8) is 0 Å². The lowest BCUT2D eigenvalue weighted by molar-refractivity contribution is -0.274. The van der Waals surface area contributed by atoms with Gasteiger partial charge in [-0.3, -0.25) is 0 Å². The molecule has 0 bridgehead atoms. The summed E-state index contributed by atoms with van der Waals surface area (Å²) in [6.07, 6.45) is -2.65. The molecular weight excluding hydrogens is 279 g/mol. The van der Waals surface area contributed by atoms with E-state index in [-0.39, 0.29) is 11.8 Å². The summed E-state index contributed by atoms with van der Waals surface area (Å²) < 4.78 is 41.3. The molecule has 1 aliphatic heterocycles. The fourth-order valence-electron chi connectivity index (χ4n) is 2.78. The SMILES string of the molecule is CC(C)C(C)c1ccc(OC(F)(F)F)cc1C1CCCN1. The highest BCUT2D eigenvalue weighted by Crippen LogP contribution is 2.36. The fourth-order valence-corrected chi connectivity index (χ4v) is 2.78. The molecule has 1 aromatic rings. The minimum absolute atomic E-state index is 0.123. The molecule has 0 spiro atoms. The number of halogens is 3. The number of benzene rings is 1. The molecule has 1 heterocycles. The van der Waals surface area contributed by atoms with Crippen LogP contribution in [0, 0.1) is 5.92 Å². The van der Waals surface area contributed by atoms with Gasteiger partial charge in [-0.05, 0) is 54.5 Å². The zero-order valence-corrected chi connectivity index (χ0v) is 12.6. The van der Waals surface area contributed by atoms with Crippen LogP contribution in [0.3, 0.4) is 0 Å². The molecule has 2 atom stereocenters. The van der Waals surface area contributed by atoms with Crippen molar-refractivity contribution >= 4 is 0 Å². The first-order valence-corrected chi connectivity index (χ1v) is 7.41. The van der Waals surface area contributed by atoms with E-state index >= 15 is 0 Å². The zero-order valence-electron chi connectivity index (χ0n) is 12.6. The molecule has 1 aromatic carbocycles. The molecule has 118 valence electrons. The van der Waals surface area contributed by atoms with E-state index in [0.717, 1.165) is 30.5 Å². The van der Waals surface area contributed by atoms with Crippen molar-refractivity contribution in [1.82, 2.24) is 5.32 Å². The van der Waals surface area contributed by atoms with Crippen LogP contribution in [0.5, 0.6) is 5.75 Å². The number of rotatable bonds is 4. The minimum atomic E-state index is -4.65. The van der Waals surface area contributed by atoms with Gasteiger partial charge in [0, 0.05) is 6.04 Å². The van der Waals surface area contributed by atoms with E-state index in [1.165, 1.54) is 6.07 Å². The largest absolute Gasteiger partial charge is 0.573 e. The molecule has 0 amide bonds. The van der Waals surface area contributed by atoms with Crippen LogP contribution in [0.2, 0.25) is 0 Å². The van der Waals surface area contributed by atoms with Gasteiger partial charge in [0.25, 0.3) is 0 Å². The maximum absolute atomic E-state index is 12.4. The standard InChI is InChI=1S/C16H22F3NO/c1-10(2)11(3)13-7-6-12(21-16(17,18)19)9-14(13)15-5-4-8-20-15/h6-7,9-11,15,20H,4-5,8H2,1-3H3. The van der Waals surface area contributed by atoms with Crippen molar-refractivity contribution in [1.29, 1.82) is 0 Å². The maximum Gasteiger partial charge on any atom is 0.573 e. The van der Waals surface area contributed by atoms with Gasteiger partial charge in [-0.15, -0.1) is 13.2 Å². The molecule has 0 aliphatic carbocycles. The van der Waals surface area contributed by atoms with Crippen LogP contribution in [-0.2, 0) is 0 Å². The van der Waals surface area contributed by atoms with Crippen molar-refractivity contribution in [2.75, 3.05) is 6.54 Å². The van der Waals surface area contributed by atoms with Gasteiger partial charge in [-0.2, -0.15) is 0 Å². The number of nitrogens with one attached hydrogen (secondary N) is 1. The van der Waals surface area contributed by atoms with E-state index in [2.05, 4.69) is 30.8 Å². The Morgan fingerprint density at radius 3 is 2.48 bits per heavy atom. The second-order valence-corrected chi connectivity index (χ2v) is 6.02. The van der Waals surface area contributed by atoms with E-state index in [0.29, 0.717) is 11.8 Å². The average molecular weight is 301 g/mol. The Balaban J connectivity index is 2.36. The number of hydrogen-bond donors (Lipinski definition) is 1. The second-order valence-electron chi connectivity index (χ2n) is 6.02. The molecule has 0 radical (unpaired) electrons. The van der Waals surface area contributed by atoms with E-state index in [1.54, 1.807) is 12.1 Å². The van der Waals surface area contributed by atoms with Gasteiger partial charge in [0.1, 0.15) is 5.75 Å². The molecule has 2 unspecified atom stereocenters. The molecule has 5 heteroatoms. The Labute approximate surface area is 123 Å². The summed E-state index contributed by atoms with van der Waals surface area (Å²) in [7, 11) is 0. The quantitative estimate of drug-likeness (QED) is 0.865. The van der Waals surface area contributed by atoms with Crippen LogP contribution in [0.1, 0.15) is 56.7 Å². The number of alkyl halides is 3. The normalized spacial score (nSPS) is 20.8. The predicted molar refractivity (Wildman–Crippen MR) is 76.4 cm³/mol. The Kier molecular flexibility index (Phi) is 4.81. The average Bonchev–Trinajstić information content (AvgIpc) is 2.89. The first-order valence-electron chi connectivity index (χ1n) is 7.41. The predicted octanol–water partition coefficient (Wildman–Crippen LogP) is 4.77. The summed E-state index contributed by atoms with van der Waals surface area (Å²) in [6, 6.07) is 4.87. The van der Waals surface area contributed by atoms with Crippen molar-refractivity contribution in [2.24, 2.45) is 5.92 Å². The van der Waals surface area contributed by atoms with Crippen molar-refractivity contribution < 1.29 is 17.9 Å². The summed E-state index contributed by atoms with van der Waals surface area (Å²) in [5.74, 6) is 0.591. The fraction of sp³-hybridized carbons (Fsp3) is 0.625. The van der Waals surface area contributed by atoms with Crippen LogP contribution in [0.15, 0.2) is 18.2 Å². The van der Waals surface area contributed by atoms with E-state index in [9.17, 15) is 13.2 Å². The molecular formula is C16H22F3NO. The van der Waals surface area contributed by atoms with Crippen LogP contribution in [0.25, 0.3) is 0 Å². The lowest BCUT2D eigenvalue weighted by atomic mass is 9.84. The molecule has 1 aliphatic rings. The highest BCUT2D eigenvalue weighted by atomic mass is 19.4. The first-order chi connectivity index (χ1) is 9.78. The van der Waals surface area contributed by atoms with Crippen molar-refractivity contribution in [3.8, 4) is 5.75 Å². The first kappa shape index (κ1) is 16.1. The smallest absolute Gasteiger partial charge is 0.406 e. The van der Waals surface area contributed by atoms with Crippen LogP contribution >= 0.6 is 0 Å². The summed E-state index contributed by atoms with van der Waals surface area (Å²) >= 11 is 0. The summed E-state index contributed by atoms with van der Waals surface area (Å²) in [5, 5.41) is 3.36. The molecule has 0 aromatic heterocycles. The molecule has 1 N–H and O–H groups in total. The van der Waals surface area contributed by atoms with Gasteiger partial charge >= 0.3 is 6.36 Å².